The van der Waals surface area contributed by atoms with Gasteiger partial charge >= 0.3 is 0 Å². The van der Waals surface area contributed by atoms with Gasteiger partial charge in [-0.05, 0) is 106 Å². The van der Waals surface area contributed by atoms with E-state index in [1.54, 1.807) is 0 Å². The predicted octanol–water partition coefficient (Wildman–Crippen LogP) is 15.2. The predicted molar refractivity (Wildman–Crippen MR) is 239 cm³/mol. The zero-order valence-electron chi connectivity index (χ0n) is 31.1. The van der Waals surface area contributed by atoms with Gasteiger partial charge in [0.1, 0.15) is 5.58 Å². The largest absolute Gasteiger partial charge is 0.455 e. The Morgan fingerprint density at radius 3 is 1.26 bits per heavy atom. The van der Waals surface area contributed by atoms with Crippen molar-refractivity contribution in [2.24, 2.45) is 0 Å². The molecule has 57 heavy (non-hydrogen) atoms. The Bertz CT molecular complexity index is 3170. The highest BCUT2D eigenvalue weighted by atomic mass is 16.3. The van der Waals surface area contributed by atoms with Crippen molar-refractivity contribution in [1.29, 1.82) is 0 Å². The number of aromatic nitrogens is 1. The van der Waals surface area contributed by atoms with Gasteiger partial charge in [0.15, 0.2) is 5.58 Å². The zero-order chi connectivity index (χ0) is 37.7. The van der Waals surface area contributed by atoms with Crippen LogP contribution in [0.5, 0.6) is 0 Å². The van der Waals surface area contributed by atoms with Crippen LogP contribution in [0.25, 0.3) is 82.6 Å². The Morgan fingerprint density at radius 1 is 0.298 bits per heavy atom. The Hall–Kier alpha value is -7.62. The van der Waals surface area contributed by atoms with E-state index in [9.17, 15) is 0 Å². The van der Waals surface area contributed by atoms with Crippen LogP contribution in [-0.4, -0.2) is 4.40 Å². The first-order chi connectivity index (χ1) is 28.3. The maximum absolute atomic E-state index is 6.70. The maximum atomic E-state index is 6.70. The molecule has 0 fully saturated rings. The summed E-state index contributed by atoms with van der Waals surface area (Å²) in [5.74, 6) is 0. The van der Waals surface area contributed by atoms with Crippen LogP contribution in [0.1, 0.15) is 0 Å². The van der Waals surface area contributed by atoms with Crippen molar-refractivity contribution in [1.82, 2.24) is 4.40 Å². The van der Waals surface area contributed by atoms with Crippen molar-refractivity contribution in [3.63, 3.8) is 0 Å². The SMILES string of the molecule is c1ccc(-c2ccc(N(c3ccc(-c4ccccc4)cc3)c3ccc(-c4cc5c6ccccc6oc6ccccc6n6c7ccccc7c(c4)c56)cc3)cc2)cc1. The first-order valence-corrected chi connectivity index (χ1v) is 19.4. The van der Waals surface area contributed by atoms with Crippen molar-refractivity contribution < 1.29 is 4.42 Å². The van der Waals surface area contributed by atoms with E-state index >= 15 is 0 Å². The number of hydrogen-bond acceptors (Lipinski definition) is 2. The molecule has 0 aliphatic heterocycles. The molecule has 11 aromatic rings. The molecule has 0 unspecified atom stereocenters. The summed E-state index contributed by atoms with van der Waals surface area (Å²) in [5, 5.41) is 4.65. The Labute approximate surface area is 330 Å². The third kappa shape index (κ3) is 5.68. The van der Waals surface area contributed by atoms with Gasteiger partial charge in [0.05, 0.1) is 16.6 Å². The van der Waals surface area contributed by atoms with Gasteiger partial charge in [0.25, 0.3) is 0 Å². The molecule has 3 nitrogen and oxygen atoms in total. The molecule has 0 radical (unpaired) electrons. The molecule has 0 aliphatic carbocycles. The van der Waals surface area contributed by atoms with E-state index in [1.165, 1.54) is 38.5 Å². The normalized spacial score (nSPS) is 11.5. The number of nitrogens with zero attached hydrogens (tertiary/aromatic N) is 2. The molecule has 3 heteroatoms. The molecule has 0 N–H and O–H groups in total. The fourth-order valence-electron chi connectivity index (χ4n) is 8.46. The molecule has 0 saturated heterocycles. The van der Waals surface area contributed by atoms with E-state index < -0.39 is 0 Å². The van der Waals surface area contributed by atoms with E-state index in [4.69, 9.17) is 4.42 Å². The summed E-state index contributed by atoms with van der Waals surface area (Å²) in [6, 6.07) is 78.0. The molecule has 0 atom stereocenters. The Kier molecular flexibility index (Phi) is 7.82. The lowest BCUT2D eigenvalue weighted by Gasteiger charge is -2.26. The van der Waals surface area contributed by atoms with E-state index in [1.807, 2.05) is 6.07 Å². The van der Waals surface area contributed by atoms with Crippen molar-refractivity contribution in [3.05, 3.63) is 218 Å². The molecular formula is C54H36N2O. The van der Waals surface area contributed by atoms with Crippen LogP contribution < -0.4 is 4.90 Å². The number of fused-ring (bicyclic) bond motifs is 7. The van der Waals surface area contributed by atoms with E-state index in [0.29, 0.717) is 0 Å². The molecule has 0 spiro atoms. The van der Waals surface area contributed by atoms with E-state index in [2.05, 4.69) is 222 Å². The first-order valence-electron chi connectivity index (χ1n) is 19.4. The fourth-order valence-corrected chi connectivity index (χ4v) is 8.46. The standard InChI is InChI=1S/C54H36N2O/c1-3-13-37(14-4-1)39-23-29-43(30-24-39)55(44-31-25-40(26-32-44)38-15-5-2-6-16-38)45-33-27-41(28-34-45)42-35-48-46-17-7-9-19-50(46)56-51-20-10-12-22-53(51)57-52-21-11-8-18-47(52)49(36-42)54(48)56/h1-36H. The van der Waals surface area contributed by atoms with Crippen LogP contribution in [0.4, 0.5) is 17.1 Å². The minimum Gasteiger partial charge on any atom is -0.455 e. The van der Waals surface area contributed by atoms with Crippen molar-refractivity contribution >= 4 is 66.3 Å². The maximum Gasteiger partial charge on any atom is 0.151 e. The van der Waals surface area contributed by atoms with Gasteiger partial charge in [0, 0.05) is 38.6 Å². The average Bonchev–Trinajstić information content (AvgIpc) is 3.61. The van der Waals surface area contributed by atoms with Gasteiger partial charge in [-0.25, -0.2) is 0 Å². The molecule has 0 bridgehead atoms. The lowest BCUT2D eigenvalue weighted by molar-refractivity contribution is 0.661. The summed E-state index contributed by atoms with van der Waals surface area (Å²) in [6.45, 7) is 0. The van der Waals surface area contributed by atoms with Gasteiger partial charge in [-0.1, -0.05) is 146 Å². The Morgan fingerprint density at radius 2 is 0.702 bits per heavy atom. The molecule has 2 aromatic heterocycles. The van der Waals surface area contributed by atoms with Crippen LogP contribution in [0, 0.1) is 0 Å². The Balaban J connectivity index is 1.07. The number of rotatable bonds is 6. The molecule has 2 heterocycles. The van der Waals surface area contributed by atoms with Gasteiger partial charge < -0.3 is 13.7 Å². The second kappa shape index (κ2) is 13.6. The van der Waals surface area contributed by atoms with Crippen LogP contribution in [0.3, 0.4) is 0 Å². The van der Waals surface area contributed by atoms with E-state index in [-0.39, 0.29) is 0 Å². The lowest BCUT2D eigenvalue weighted by atomic mass is 9.98. The van der Waals surface area contributed by atoms with Crippen LogP contribution >= 0.6 is 0 Å². The van der Waals surface area contributed by atoms with Crippen LogP contribution in [0.15, 0.2) is 223 Å². The molecular weight excluding hydrogens is 693 g/mol. The minimum atomic E-state index is 0.840. The summed E-state index contributed by atoms with van der Waals surface area (Å²) < 4.78 is 9.08. The lowest BCUT2D eigenvalue weighted by Crippen LogP contribution is -2.09. The first kappa shape index (κ1) is 32.8. The average molecular weight is 729 g/mol. The number of anilines is 3. The number of para-hydroxylation sites is 4. The summed E-state index contributed by atoms with van der Waals surface area (Å²) in [4.78, 5) is 2.34. The summed E-state index contributed by atoms with van der Waals surface area (Å²) >= 11 is 0. The monoisotopic (exact) mass is 728 g/mol. The zero-order valence-corrected chi connectivity index (χ0v) is 31.1. The fraction of sp³-hybridized carbons (Fsp3) is 0. The smallest absolute Gasteiger partial charge is 0.151 e. The molecule has 0 saturated carbocycles. The molecule has 11 rings (SSSR count). The number of benzene rings is 9. The summed E-state index contributed by atoms with van der Waals surface area (Å²) in [7, 11) is 0. The van der Waals surface area contributed by atoms with Gasteiger partial charge in [-0.15, -0.1) is 0 Å². The number of hydrogen-bond donors (Lipinski definition) is 0. The van der Waals surface area contributed by atoms with Crippen molar-refractivity contribution in [2.45, 2.75) is 0 Å². The van der Waals surface area contributed by atoms with Crippen molar-refractivity contribution in [2.75, 3.05) is 4.90 Å². The third-order valence-electron chi connectivity index (χ3n) is 11.2. The highest BCUT2D eigenvalue weighted by molar-refractivity contribution is 6.21. The highest BCUT2D eigenvalue weighted by Crippen LogP contribution is 2.41. The molecule has 268 valence electrons. The molecule has 0 aliphatic rings. The summed E-state index contributed by atoms with van der Waals surface area (Å²) in [6.07, 6.45) is 0. The van der Waals surface area contributed by atoms with Gasteiger partial charge in [0.2, 0.25) is 0 Å². The summed E-state index contributed by atoms with van der Waals surface area (Å²) in [5.41, 5.74) is 15.4. The highest BCUT2D eigenvalue weighted by Gasteiger charge is 2.18. The van der Waals surface area contributed by atoms with Crippen LogP contribution in [-0.2, 0) is 0 Å². The molecule has 0 amide bonds. The van der Waals surface area contributed by atoms with E-state index in [0.717, 1.165) is 61.2 Å². The van der Waals surface area contributed by atoms with Crippen molar-refractivity contribution in [3.8, 4) is 33.4 Å². The second-order valence-electron chi connectivity index (χ2n) is 14.5. The third-order valence-corrected chi connectivity index (χ3v) is 11.2. The topological polar surface area (TPSA) is 20.8 Å². The van der Waals surface area contributed by atoms with Gasteiger partial charge in [-0.2, -0.15) is 0 Å². The molecule has 9 aromatic carbocycles. The van der Waals surface area contributed by atoms with Gasteiger partial charge in [-0.3, -0.25) is 0 Å². The van der Waals surface area contributed by atoms with Crippen LogP contribution in [0.2, 0.25) is 0 Å². The quantitative estimate of drug-likeness (QED) is 0.170. The minimum absolute atomic E-state index is 0.840. The second-order valence-corrected chi connectivity index (χ2v) is 14.5.